The molecule has 2 heterocycles. The minimum absolute atomic E-state index is 0.0717. The Morgan fingerprint density at radius 1 is 0.816 bits per heavy atom. The van der Waals surface area contributed by atoms with Crippen LogP contribution in [0.4, 0.5) is 0 Å². The summed E-state index contributed by atoms with van der Waals surface area (Å²) in [6.45, 7) is -0.268. The minimum atomic E-state index is -1.56. The summed E-state index contributed by atoms with van der Waals surface area (Å²) >= 11 is 0. The fourth-order valence-electron chi connectivity index (χ4n) is 4.85. The first-order valence-corrected chi connectivity index (χ1v) is 12.3. The van der Waals surface area contributed by atoms with Gasteiger partial charge in [-0.3, -0.25) is 4.79 Å². The molecule has 2 aliphatic heterocycles. The first kappa shape index (κ1) is 27.9. The van der Waals surface area contributed by atoms with Crippen LogP contribution >= 0.6 is 0 Å². The molecular weight excluding hydrogens is 500 g/mol. The van der Waals surface area contributed by atoms with Gasteiger partial charge in [-0.05, 0) is 48.2 Å². The van der Waals surface area contributed by atoms with Crippen molar-refractivity contribution in [2.45, 2.75) is 43.5 Å². The summed E-state index contributed by atoms with van der Waals surface area (Å²) in [5, 5.41) is 39.7. The van der Waals surface area contributed by atoms with Gasteiger partial charge in [-0.25, -0.2) is 0 Å². The second-order valence-electron chi connectivity index (χ2n) is 9.39. The second kappa shape index (κ2) is 12.2. The highest BCUT2D eigenvalue weighted by Crippen LogP contribution is 2.36. The SMILES string of the molecule is COc1ccc(C[C@@H]2C(=O)OC[C@@H]2Cc2ccc(O[C@H]3O[C@@H](CO)[C@H](O)[C@@H](O)[C@@H]3O)c(OC)c2)cc1OC. The Balaban J connectivity index is 1.47. The fourth-order valence-corrected chi connectivity index (χ4v) is 4.85. The Hall–Kier alpha value is -3.09. The average molecular weight is 535 g/mol. The van der Waals surface area contributed by atoms with Gasteiger partial charge in [0.05, 0.1) is 40.5 Å². The number of cyclic esters (lactones) is 1. The third-order valence-electron chi connectivity index (χ3n) is 7.03. The van der Waals surface area contributed by atoms with E-state index in [1.807, 2.05) is 18.2 Å². The lowest BCUT2D eigenvalue weighted by Gasteiger charge is -2.39. The number of carbonyl (C=O) groups is 1. The van der Waals surface area contributed by atoms with Crippen molar-refractivity contribution in [1.29, 1.82) is 0 Å². The summed E-state index contributed by atoms with van der Waals surface area (Å²) in [5.41, 5.74) is 1.81. The normalized spacial score (nSPS) is 29.0. The number of ether oxygens (including phenoxy) is 6. The molecule has 0 aromatic heterocycles. The molecule has 0 radical (unpaired) electrons. The molecule has 208 valence electrons. The molecule has 11 nitrogen and oxygen atoms in total. The van der Waals surface area contributed by atoms with Crippen molar-refractivity contribution < 1.29 is 53.6 Å². The van der Waals surface area contributed by atoms with E-state index >= 15 is 0 Å². The number of methoxy groups -OCH3 is 3. The monoisotopic (exact) mass is 534 g/mol. The van der Waals surface area contributed by atoms with Crippen molar-refractivity contribution in [1.82, 2.24) is 0 Å². The third kappa shape index (κ3) is 5.82. The Bertz CT molecular complexity index is 1100. The number of hydrogen-bond acceptors (Lipinski definition) is 11. The summed E-state index contributed by atoms with van der Waals surface area (Å²) in [6, 6.07) is 10.8. The lowest BCUT2D eigenvalue weighted by Crippen LogP contribution is -2.60. The van der Waals surface area contributed by atoms with E-state index in [9.17, 15) is 25.2 Å². The number of aliphatic hydroxyl groups is 4. The molecule has 0 spiro atoms. The van der Waals surface area contributed by atoms with Crippen LogP contribution in [0.3, 0.4) is 0 Å². The molecule has 2 aromatic rings. The summed E-state index contributed by atoms with van der Waals surface area (Å²) < 4.78 is 32.7. The van der Waals surface area contributed by atoms with E-state index in [2.05, 4.69) is 0 Å². The van der Waals surface area contributed by atoms with E-state index in [0.717, 1.165) is 11.1 Å². The molecule has 4 N–H and O–H groups in total. The first-order chi connectivity index (χ1) is 18.3. The van der Waals surface area contributed by atoms with Crippen molar-refractivity contribution in [3.63, 3.8) is 0 Å². The van der Waals surface area contributed by atoms with Gasteiger partial charge in [0, 0.05) is 5.92 Å². The number of esters is 1. The molecule has 7 atom stereocenters. The van der Waals surface area contributed by atoms with Gasteiger partial charge >= 0.3 is 5.97 Å². The van der Waals surface area contributed by atoms with Gasteiger partial charge < -0.3 is 48.8 Å². The molecule has 2 fully saturated rings. The number of carbonyl (C=O) groups excluding carboxylic acids is 1. The Kier molecular flexibility index (Phi) is 8.95. The summed E-state index contributed by atoms with van der Waals surface area (Å²) in [6.07, 6.45) is -5.99. The van der Waals surface area contributed by atoms with Crippen molar-refractivity contribution in [2.24, 2.45) is 11.8 Å². The molecule has 2 aliphatic rings. The first-order valence-electron chi connectivity index (χ1n) is 12.3. The standard InChI is InChI=1S/C27H34O11/c1-33-18-6-4-15(11-20(18)34-2)9-17-16(13-36-26(17)32)8-14-5-7-19(21(10-14)35-3)37-27-25(31)24(30)23(29)22(12-28)38-27/h4-7,10-11,16-17,22-25,27-31H,8-9,12-13H2,1-3H3/t16-,17-,22-,23-,24+,25-,27-/m0/s1. The second-order valence-corrected chi connectivity index (χ2v) is 9.39. The fraction of sp³-hybridized carbons (Fsp3) is 0.519. The van der Waals surface area contributed by atoms with E-state index in [1.165, 1.54) is 7.11 Å². The van der Waals surface area contributed by atoms with Gasteiger partial charge in [-0.1, -0.05) is 12.1 Å². The van der Waals surface area contributed by atoms with Crippen LogP contribution < -0.4 is 18.9 Å². The predicted octanol–water partition coefficient (Wildman–Crippen LogP) is 0.466. The van der Waals surface area contributed by atoms with E-state index in [1.54, 1.807) is 32.4 Å². The molecule has 0 unspecified atom stereocenters. The van der Waals surface area contributed by atoms with Crippen molar-refractivity contribution in [2.75, 3.05) is 34.5 Å². The van der Waals surface area contributed by atoms with Gasteiger partial charge in [-0.2, -0.15) is 0 Å². The van der Waals surface area contributed by atoms with Crippen molar-refractivity contribution in [3.05, 3.63) is 47.5 Å². The van der Waals surface area contributed by atoms with Crippen LogP contribution in [-0.2, 0) is 27.1 Å². The van der Waals surface area contributed by atoms with Crippen LogP contribution in [0.2, 0.25) is 0 Å². The molecule has 38 heavy (non-hydrogen) atoms. The molecule has 0 bridgehead atoms. The maximum atomic E-state index is 12.6. The van der Waals surface area contributed by atoms with E-state index < -0.39 is 37.3 Å². The van der Waals surface area contributed by atoms with Gasteiger partial charge in [0.1, 0.15) is 24.4 Å². The van der Waals surface area contributed by atoms with Crippen molar-refractivity contribution in [3.8, 4) is 23.0 Å². The quantitative estimate of drug-likeness (QED) is 0.315. The zero-order valence-corrected chi connectivity index (χ0v) is 21.5. The lowest BCUT2D eigenvalue weighted by molar-refractivity contribution is -0.277. The van der Waals surface area contributed by atoms with Crippen LogP contribution in [0.1, 0.15) is 11.1 Å². The number of rotatable bonds is 10. The van der Waals surface area contributed by atoms with Crippen LogP contribution in [0.25, 0.3) is 0 Å². The maximum Gasteiger partial charge on any atom is 0.309 e. The Labute approximate surface area is 220 Å². The van der Waals surface area contributed by atoms with Crippen LogP contribution in [0.5, 0.6) is 23.0 Å². The van der Waals surface area contributed by atoms with E-state index in [-0.39, 0.29) is 23.6 Å². The lowest BCUT2D eigenvalue weighted by atomic mass is 9.85. The molecular formula is C27H34O11. The summed E-state index contributed by atoms with van der Waals surface area (Å²) in [7, 11) is 4.59. The van der Waals surface area contributed by atoms with Crippen LogP contribution in [0, 0.1) is 11.8 Å². The van der Waals surface area contributed by atoms with Gasteiger partial charge in [0.15, 0.2) is 23.0 Å². The largest absolute Gasteiger partial charge is 0.493 e. The zero-order valence-electron chi connectivity index (χ0n) is 21.5. The van der Waals surface area contributed by atoms with E-state index in [0.29, 0.717) is 36.7 Å². The number of hydrogen-bond donors (Lipinski definition) is 4. The van der Waals surface area contributed by atoms with Crippen molar-refractivity contribution >= 4 is 5.97 Å². The molecule has 0 saturated carbocycles. The topological polar surface area (TPSA) is 153 Å². The van der Waals surface area contributed by atoms with Gasteiger partial charge in [0.25, 0.3) is 0 Å². The summed E-state index contributed by atoms with van der Waals surface area (Å²) in [5.74, 6) is 1.12. The maximum absolute atomic E-state index is 12.6. The van der Waals surface area contributed by atoms with Gasteiger partial charge in [-0.15, -0.1) is 0 Å². The smallest absolute Gasteiger partial charge is 0.309 e. The zero-order chi connectivity index (χ0) is 27.4. The number of benzene rings is 2. The molecule has 0 aliphatic carbocycles. The minimum Gasteiger partial charge on any atom is -0.493 e. The molecule has 4 rings (SSSR count). The average Bonchev–Trinajstić information content (AvgIpc) is 3.27. The number of aliphatic hydroxyl groups excluding tert-OH is 4. The van der Waals surface area contributed by atoms with Gasteiger partial charge in [0.2, 0.25) is 6.29 Å². The highest BCUT2D eigenvalue weighted by atomic mass is 16.7. The predicted molar refractivity (Wildman–Crippen MR) is 132 cm³/mol. The Morgan fingerprint density at radius 2 is 1.42 bits per heavy atom. The van der Waals surface area contributed by atoms with E-state index in [4.69, 9.17) is 28.4 Å². The van der Waals surface area contributed by atoms with Crippen LogP contribution in [0.15, 0.2) is 36.4 Å². The summed E-state index contributed by atoms with van der Waals surface area (Å²) in [4.78, 5) is 12.6. The van der Waals surface area contributed by atoms with Crippen LogP contribution in [-0.4, -0.2) is 91.6 Å². The third-order valence-corrected chi connectivity index (χ3v) is 7.03. The molecule has 2 aromatic carbocycles. The molecule has 2 saturated heterocycles. The molecule has 0 amide bonds. The molecule has 11 heteroatoms. The highest BCUT2D eigenvalue weighted by Gasteiger charge is 2.45. The Morgan fingerprint density at radius 3 is 2.05 bits per heavy atom. The highest BCUT2D eigenvalue weighted by molar-refractivity contribution is 5.75.